The van der Waals surface area contributed by atoms with Crippen LogP contribution in [0.15, 0.2) is 12.4 Å². The largest absolute Gasteiger partial charge is 0.496 e. The highest BCUT2D eigenvalue weighted by Gasteiger charge is 2.52. The van der Waals surface area contributed by atoms with Gasteiger partial charge >= 0.3 is 13.2 Å². The van der Waals surface area contributed by atoms with E-state index in [0.717, 1.165) is 11.0 Å². The molecule has 1 saturated heterocycles. The van der Waals surface area contributed by atoms with Crippen LogP contribution in [-0.4, -0.2) is 48.4 Å². The number of rotatable bonds is 2. The number of carbonyl (C=O) groups excluding carboxylic acids is 1. The summed E-state index contributed by atoms with van der Waals surface area (Å²) in [5.41, 5.74) is 0.687. The van der Waals surface area contributed by atoms with Gasteiger partial charge in [-0.2, -0.15) is 0 Å². The molecule has 120 valence electrons. The molecule has 1 aliphatic heterocycles. The summed E-state index contributed by atoms with van der Waals surface area (Å²) < 4.78 is 17.4. The zero-order valence-electron chi connectivity index (χ0n) is 14.3. The van der Waals surface area contributed by atoms with Crippen molar-refractivity contribution < 1.29 is 18.8 Å². The van der Waals surface area contributed by atoms with Crippen LogP contribution in [0.1, 0.15) is 33.3 Å². The van der Waals surface area contributed by atoms with Crippen molar-refractivity contribution in [3.63, 3.8) is 0 Å². The summed E-state index contributed by atoms with van der Waals surface area (Å²) in [6.45, 7) is 9.83. The number of aromatic nitrogens is 1. The summed E-state index contributed by atoms with van der Waals surface area (Å²) >= 11 is 0. The van der Waals surface area contributed by atoms with Crippen LogP contribution >= 0.6 is 0 Å². The highest BCUT2D eigenvalue weighted by Crippen LogP contribution is 2.37. The molecule has 0 radical (unpaired) electrons. The number of carbonyl (C=O) groups is 1. The van der Waals surface area contributed by atoms with Gasteiger partial charge in [-0.25, -0.2) is 4.79 Å². The van der Waals surface area contributed by atoms with Gasteiger partial charge in [0.2, 0.25) is 0 Å². The topological polar surface area (TPSA) is 60.9 Å². The van der Waals surface area contributed by atoms with E-state index in [4.69, 9.17) is 14.0 Å². The molecule has 1 amide bonds. The average Bonchev–Trinajstić information content (AvgIpc) is 2.60. The molecule has 7 heteroatoms. The molecule has 0 aromatic carbocycles. The molecule has 0 saturated carbocycles. The summed E-state index contributed by atoms with van der Waals surface area (Å²) in [6, 6.07) is 0. The van der Waals surface area contributed by atoms with Crippen molar-refractivity contribution in [2.75, 3.05) is 14.1 Å². The highest BCUT2D eigenvalue weighted by atomic mass is 16.7. The predicted octanol–water partition coefficient (Wildman–Crippen LogP) is 1.75. The third kappa shape index (κ3) is 2.96. The fourth-order valence-electron chi connectivity index (χ4n) is 2.02. The van der Waals surface area contributed by atoms with Gasteiger partial charge in [-0.3, -0.25) is 4.98 Å². The first-order valence-corrected chi connectivity index (χ1v) is 7.24. The van der Waals surface area contributed by atoms with Crippen LogP contribution in [0.4, 0.5) is 4.79 Å². The van der Waals surface area contributed by atoms with Crippen LogP contribution in [0, 0.1) is 6.92 Å². The standard InChI is InChI=1S/C15H23BN2O4/c1-10-11(16-21-14(2,3)15(4,5)22-16)8-17-9-12(10)20-13(19)18(6)7/h8-9H,1-7H3. The maximum atomic E-state index is 11.7. The minimum atomic E-state index is -0.532. The van der Waals surface area contributed by atoms with E-state index < -0.39 is 24.4 Å². The Bertz CT molecular complexity index is 571. The second-order valence-corrected chi connectivity index (χ2v) is 6.70. The van der Waals surface area contributed by atoms with Crippen molar-refractivity contribution >= 4 is 18.7 Å². The van der Waals surface area contributed by atoms with Crippen molar-refractivity contribution in [1.29, 1.82) is 0 Å². The highest BCUT2D eigenvalue weighted by molar-refractivity contribution is 6.62. The Morgan fingerprint density at radius 3 is 2.23 bits per heavy atom. The van der Waals surface area contributed by atoms with E-state index in [1.807, 2.05) is 34.6 Å². The van der Waals surface area contributed by atoms with Crippen LogP contribution < -0.4 is 10.2 Å². The third-order valence-electron chi connectivity index (χ3n) is 4.28. The molecule has 6 nitrogen and oxygen atoms in total. The fourth-order valence-corrected chi connectivity index (χ4v) is 2.02. The van der Waals surface area contributed by atoms with Crippen molar-refractivity contribution in [3.8, 4) is 5.75 Å². The summed E-state index contributed by atoms with van der Waals surface area (Å²) in [5.74, 6) is 0.408. The summed E-state index contributed by atoms with van der Waals surface area (Å²) in [7, 11) is 2.72. The van der Waals surface area contributed by atoms with E-state index >= 15 is 0 Å². The number of pyridine rings is 1. The van der Waals surface area contributed by atoms with E-state index in [9.17, 15) is 4.79 Å². The first-order chi connectivity index (χ1) is 10.0. The van der Waals surface area contributed by atoms with Gasteiger partial charge in [0.25, 0.3) is 0 Å². The first kappa shape index (κ1) is 16.8. The molecule has 1 aliphatic rings. The lowest BCUT2D eigenvalue weighted by atomic mass is 9.77. The Hall–Kier alpha value is -1.60. The van der Waals surface area contributed by atoms with Crippen LogP contribution in [0.25, 0.3) is 0 Å². The third-order valence-corrected chi connectivity index (χ3v) is 4.28. The van der Waals surface area contributed by atoms with E-state index in [2.05, 4.69) is 4.98 Å². The zero-order valence-corrected chi connectivity index (χ0v) is 14.3. The van der Waals surface area contributed by atoms with Gasteiger partial charge in [0.15, 0.2) is 5.75 Å². The van der Waals surface area contributed by atoms with Crippen molar-refractivity contribution in [3.05, 3.63) is 18.0 Å². The number of ether oxygens (including phenoxy) is 1. The number of hydrogen-bond donors (Lipinski definition) is 0. The average molecular weight is 306 g/mol. The Morgan fingerprint density at radius 2 is 1.73 bits per heavy atom. The molecule has 2 heterocycles. The first-order valence-electron chi connectivity index (χ1n) is 7.24. The van der Waals surface area contributed by atoms with E-state index in [1.54, 1.807) is 20.3 Å². The Labute approximate surface area is 131 Å². The fraction of sp³-hybridized carbons (Fsp3) is 0.600. The van der Waals surface area contributed by atoms with Gasteiger partial charge in [-0.15, -0.1) is 0 Å². The molecule has 22 heavy (non-hydrogen) atoms. The zero-order chi connectivity index (χ0) is 16.7. The van der Waals surface area contributed by atoms with E-state index in [0.29, 0.717) is 5.75 Å². The Balaban J connectivity index is 2.29. The molecule has 1 aromatic heterocycles. The van der Waals surface area contributed by atoms with Gasteiger partial charge in [-0.1, -0.05) is 0 Å². The SMILES string of the molecule is Cc1c(OC(=O)N(C)C)cncc1B1OC(C)(C)C(C)(C)O1. The maximum Gasteiger partial charge on any atom is 0.496 e. The van der Waals surface area contributed by atoms with Crippen molar-refractivity contribution in [1.82, 2.24) is 9.88 Å². The van der Waals surface area contributed by atoms with E-state index in [-0.39, 0.29) is 0 Å². The molecule has 0 aliphatic carbocycles. The lowest BCUT2D eigenvalue weighted by Crippen LogP contribution is -2.41. The molecular weight excluding hydrogens is 283 g/mol. The van der Waals surface area contributed by atoms with E-state index in [1.165, 1.54) is 11.1 Å². The molecule has 0 atom stereocenters. The Kier molecular flexibility index (Phi) is 4.23. The molecule has 1 fully saturated rings. The van der Waals surface area contributed by atoms with Gasteiger partial charge in [0.1, 0.15) is 0 Å². The number of amides is 1. The van der Waals surface area contributed by atoms with Crippen molar-refractivity contribution in [2.45, 2.75) is 45.8 Å². The molecular formula is C15H23BN2O4. The van der Waals surface area contributed by atoms with Crippen molar-refractivity contribution in [2.24, 2.45) is 0 Å². The quantitative estimate of drug-likeness (QED) is 0.779. The molecule has 2 rings (SSSR count). The van der Waals surface area contributed by atoms with Gasteiger partial charge in [0.05, 0.1) is 17.4 Å². The minimum absolute atomic E-state index is 0.408. The van der Waals surface area contributed by atoms with Gasteiger partial charge in [0, 0.05) is 25.8 Å². The molecule has 0 N–H and O–H groups in total. The number of hydrogen-bond acceptors (Lipinski definition) is 5. The molecule has 0 spiro atoms. The summed E-state index contributed by atoms with van der Waals surface area (Å²) in [5, 5.41) is 0. The van der Waals surface area contributed by atoms with Crippen LogP contribution in [0.2, 0.25) is 0 Å². The second-order valence-electron chi connectivity index (χ2n) is 6.70. The van der Waals surface area contributed by atoms with Crippen LogP contribution in [0.3, 0.4) is 0 Å². The van der Waals surface area contributed by atoms with Gasteiger partial charge in [-0.05, 0) is 40.2 Å². The Morgan fingerprint density at radius 1 is 1.18 bits per heavy atom. The van der Waals surface area contributed by atoms with Crippen LogP contribution in [-0.2, 0) is 9.31 Å². The monoisotopic (exact) mass is 306 g/mol. The molecule has 1 aromatic rings. The predicted molar refractivity (Wildman–Crippen MR) is 84.4 cm³/mol. The maximum absolute atomic E-state index is 11.7. The smallest absolute Gasteiger partial charge is 0.408 e. The lowest BCUT2D eigenvalue weighted by molar-refractivity contribution is 0.00578. The molecule has 0 bridgehead atoms. The second kappa shape index (κ2) is 5.55. The minimum Gasteiger partial charge on any atom is -0.408 e. The normalized spacial score (nSPS) is 19.1. The van der Waals surface area contributed by atoms with Crippen LogP contribution in [0.5, 0.6) is 5.75 Å². The summed E-state index contributed by atoms with van der Waals surface area (Å²) in [6.07, 6.45) is 2.76. The lowest BCUT2D eigenvalue weighted by Gasteiger charge is -2.32. The van der Waals surface area contributed by atoms with Gasteiger partial charge < -0.3 is 18.9 Å². The molecule has 0 unspecified atom stereocenters. The summed E-state index contributed by atoms with van der Waals surface area (Å²) in [4.78, 5) is 17.2. The number of nitrogens with zero attached hydrogens (tertiary/aromatic N) is 2.